The number of carboxylic acid groups (broad SMARTS) is 1. The number of aromatic nitrogens is 2. The van der Waals surface area contributed by atoms with E-state index in [1.165, 1.54) is 56.1 Å². The number of unbranched alkanes of at least 4 members (excludes halogenated alkanes) is 6. The summed E-state index contributed by atoms with van der Waals surface area (Å²) >= 11 is 0. The lowest BCUT2D eigenvalue weighted by Gasteiger charge is -2.13. The fraction of sp³-hybridized carbons (Fsp3) is 0.452. The number of hydrogen-bond donors (Lipinski definition) is 1. The molecule has 1 N–H and O–H groups in total. The van der Waals surface area contributed by atoms with Crippen LogP contribution in [0.25, 0.3) is 22.5 Å². The Bertz CT molecular complexity index is 1060. The van der Waals surface area contributed by atoms with Crippen LogP contribution in [0.3, 0.4) is 0 Å². The van der Waals surface area contributed by atoms with Gasteiger partial charge in [-0.15, -0.1) is 0 Å². The molecule has 0 radical (unpaired) electrons. The van der Waals surface area contributed by atoms with Crippen LogP contribution in [0.15, 0.2) is 54.9 Å². The molecule has 0 aliphatic heterocycles. The smallest absolute Gasteiger partial charge is 0.336 e. The lowest BCUT2D eigenvalue weighted by atomic mass is 9.92. The zero-order valence-electron chi connectivity index (χ0n) is 21.6. The predicted molar refractivity (Wildman–Crippen MR) is 145 cm³/mol. The molecule has 0 bridgehead atoms. The van der Waals surface area contributed by atoms with Gasteiger partial charge in [-0.3, -0.25) is 0 Å². The van der Waals surface area contributed by atoms with Gasteiger partial charge in [0, 0.05) is 18.0 Å². The van der Waals surface area contributed by atoms with E-state index in [0.717, 1.165) is 36.0 Å². The van der Waals surface area contributed by atoms with E-state index in [4.69, 9.17) is 0 Å². The van der Waals surface area contributed by atoms with Gasteiger partial charge in [-0.1, -0.05) is 102 Å². The van der Waals surface area contributed by atoms with E-state index in [2.05, 4.69) is 30.7 Å². The minimum atomic E-state index is -0.904. The molecule has 1 atom stereocenters. The van der Waals surface area contributed by atoms with Crippen molar-refractivity contribution in [3.05, 3.63) is 71.5 Å². The molecule has 0 aliphatic rings. The second-order valence-corrected chi connectivity index (χ2v) is 9.77. The highest BCUT2D eigenvalue weighted by Crippen LogP contribution is 2.28. The number of carbonyl (C=O) groups is 1. The molecule has 0 amide bonds. The van der Waals surface area contributed by atoms with Crippen molar-refractivity contribution in [3.63, 3.8) is 0 Å². The van der Waals surface area contributed by atoms with Crippen molar-refractivity contribution >= 4 is 5.97 Å². The second kappa shape index (κ2) is 13.8. The number of hydrogen-bond acceptors (Lipinski definition) is 3. The topological polar surface area (TPSA) is 63.1 Å². The normalized spacial score (nSPS) is 12.0. The Kier molecular flexibility index (Phi) is 10.5. The van der Waals surface area contributed by atoms with Crippen LogP contribution < -0.4 is 0 Å². The molecule has 4 heteroatoms. The molecule has 3 aromatic rings. The summed E-state index contributed by atoms with van der Waals surface area (Å²) in [5.74, 6) is 0.356. The van der Waals surface area contributed by atoms with Gasteiger partial charge in [0.15, 0.2) is 5.82 Å². The summed E-state index contributed by atoms with van der Waals surface area (Å²) in [4.78, 5) is 21.0. The quantitative estimate of drug-likeness (QED) is 0.239. The molecule has 1 aromatic heterocycles. The minimum absolute atomic E-state index is 0.330. The molecule has 0 saturated heterocycles. The standard InChI is InChI=1S/C31H40N2O2/c1-4-6-7-8-9-10-11-12-25-21-32-30(33-22-25)27-16-14-26(15-17-27)29-20-24(19-23(3)5-2)13-18-28(29)31(34)35/h13-18,20-23H,4-12,19H2,1-3H3,(H,34,35)/t23-/m0/s1. The maximum Gasteiger partial charge on any atom is 0.336 e. The van der Waals surface area contributed by atoms with Crippen molar-refractivity contribution in [2.24, 2.45) is 5.92 Å². The molecule has 2 aromatic carbocycles. The Morgan fingerprint density at radius 3 is 2.09 bits per heavy atom. The van der Waals surface area contributed by atoms with Crippen LogP contribution in [-0.2, 0) is 12.8 Å². The van der Waals surface area contributed by atoms with Gasteiger partial charge in [-0.05, 0) is 53.5 Å². The summed E-state index contributed by atoms with van der Waals surface area (Å²) in [7, 11) is 0. The summed E-state index contributed by atoms with van der Waals surface area (Å²) in [6.45, 7) is 6.65. The van der Waals surface area contributed by atoms with E-state index in [-0.39, 0.29) is 0 Å². The van der Waals surface area contributed by atoms with E-state index in [1.54, 1.807) is 6.07 Å². The van der Waals surface area contributed by atoms with Crippen LogP contribution in [0.1, 0.15) is 93.6 Å². The van der Waals surface area contributed by atoms with E-state index in [0.29, 0.717) is 17.3 Å². The number of nitrogens with zero attached hydrogens (tertiary/aromatic N) is 2. The first-order chi connectivity index (χ1) is 17.0. The molecule has 0 unspecified atom stereocenters. The predicted octanol–water partition coefficient (Wildman–Crippen LogP) is 8.39. The molecule has 0 aliphatic carbocycles. The van der Waals surface area contributed by atoms with Gasteiger partial charge >= 0.3 is 5.97 Å². The van der Waals surface area contributed by atoms with Gasteiger partial charge in [0.2, 0.25) is 0 Å². The van der Waals surface area contributed by atoms with Crippen molar-refractivity contribution in [3.8, 4) is 22.5 Å². The zero-order valence-corrected chi connectivity index (χ0v) is 21.6. The molecular weight excluding hydrogens is 432 g/mol. The number of rotatable bonds is 14. The average Bonchev–Trinajstić information content (AvgIpc) is 2.88. The molecule has 0 saturated carbocycles. The number of aryl methyl sites for hydroxylation is 1. The SMILES string of the molecule is CCCCCCCCCc1cnc(-c2ccc(-c3cc(C[C@@H](C)CC)ccc3C(=O)O)cc2)nc1. The monoisotopic (exact) mass is 472 g/mol. The van der Waals surface area contributed by atoms with E-state index in [9.17, 15) is 9.90 Å². The van der Waals surface area contributed by atoms with Gasteiger partial charge in [0.05, 0.1) is 5.56 Å². The van der Waals surface area contributed by atoms with Crippen LogP contribution in [-0.4, -0.2) is 21.0 Å². The van der Waals surface area contributed by atoms with E-state index < -0.39 is 5.97 Å². The third-order valence-corrected chi connectivity index (χ3v) is 6.82. The third-order valence-electron chi connectivity index (χ3n) is 6.82. The molecule has 4 nitrogen and oxygen atoms in total. The van der Waals surface area contributed by atoms with Gasteiger partial charge in [-0.25, -0.2) is 14.8 Å². The molecule has 0 spiro atoms. The Balaban J connectivity index is 1.65. The van der Waals surface area contributed by atoms with Crippen LogP contribution >= 0.6 is 0 Å². The van der Waals surface area contributed by atoms with E-state index in [1.807, 2.05) is 48.8 Å². The molecule has 0 fully saturated rings. The van der Waals surface area contributed by atoms with Crippen LogP contribution in [0.5, 0.6) is 0 Å². The number of aromatic carboxylic acids is 1. The number of carboxylic acids is 1. The zero-order chi connectivity index (χ0) is 25.0. The summed E-state index contributed by atoms with van der Waals surface area (Å²) in [5, 5.41) is 9.71. The van der Waals surface area contributed by atoms with Crippen molar-refractivity contribution in [2.45, 2.75) is 85.0 Å². The highest BCUT2D eigenvalue weighted by molar-refractivity contribution is 5.96. The Hall–Kier alpha value is -3.01. The van der Waals surface area contributed by atoms with Crippen molar-refractivity contribution in [1.29, 1.82) is 0 Å². The maximum absolute atomic E-state index is 11.8. The Morgan fingerprint density at radius 1 is 0.829 bits per heavy atom. The van der Waals surface area contributed by atoms with Gasteiger partial charge in [-0.2, -0.15) is 0 Å². The number of benzene rings is 2. The van der Waals surface area contributed by atoms with Crippen molar-refractivity contribution in [2.75, 3.05) is 0 Å². The van der Waals surface area contributed by atoms with Crippen LogP contribution in [0, 0.1) is 5.92 Å². The molecule has 186 valence electrons. The fourth-order valence-corrected chi connectivity index (χ4v) is 4.41. The highest BCUT2D eigenvalue weighted by Gasteiger charge is 2.14. The summed E-state index contributed by atoms with van der Waals surface area (Å²) < 4.78 is 0. The summed E-state index contributed by atoms with van der Waals surface area (Å²) in [6.07, 6.45) is 16.1. The lowest BCUT2D eigenvalue weighted by Crippen LogP contribution is -2.03. The molecule has 1 heterocycles. The summed E-state index contributed by atoms with van der Waals surface area (Å²) in [5.41, 5.74) is 5.27. The average molecular weight is 473 g/mol. The largest absolute Gasteiger partial charge is 0.478 e. The Morgan fingerprint density at radius 2 is 1.46 bits per heavy atom. The van der Waals surface area contributed by atoms with Gasteiger partial charge < -0.3 is 5.11 Å². The Labute approximate surface area is 210 Å². The highest BCUT2D eigenvalue weighted by atomic mass is 16.4. The molecular formula is C31H40N2O2. The third kappa shape index (κ3) is 8.02. The fourth-order valence-electron chi connectivity index (χ4n) is 4.41. The van der Waals surface area contributed by atoms with Gasteiger partial charge in [0.1, 0.15) is 0 Å². The van der Waals surface area contributed by atoms with Crippen LogP contribution in [0.4, 0.5) is 0 Å². The van der Waals surface area contributed by atoms with Gasteiger partial charge in [0.25, 0.3) is 0 Å². The first-order valence-corrected chi connectivity index (χ1v) is 13.3. The maximum atomic E-state index is 11.8. The van der Waals surface area contributed by atoms with Crippen molar-refractivity contribution < 1.29 is 9.90 Å². The molecule has 3 rings (SSSR count). The second-order valence-electron chi connectivity index (χ2n) is 9.77. The molecule has 35 heavy (non-hydrogen) atoms. The first kappa shape index (κ1) is 26.6. The summed E-state index contributed by atoms with van der Waals surface area (Å²) in [6, 6.07) is 13.6. The van der Waals surface area contributed by atoms with E-state index >= 15 is 0 Å². The van der Waals surface area contributed by atoms with Crippen molar-refractivity contribution in [1.82, 2.24) is 9.97 Å². The van der Waals surface area contributed by atoms with Crippen LogP contribution in [0.2, 0.25) is 0 Å². The lowest BCUT2D eigenvalue weighted by molar-refractivity contribution is 0.0697. The first-order valence-electron chi connectivity index (χ1n) is 13.3. The minimum Gasteiger partial charge on any atom is -0.478 e.